The van der Waals surface area contributed by atoms with Crippen LogP contribution in [0.1, 0.15) is 27.0 Å². The van der Waals surface area contributed by atoms with Gasteiger partial charge in [0, 0.05) is 4.47 Å². The first-order valence-electron chi connectivity index (χ1n) is 11.0. The number of hydrogen-bond acceptors (Lipinski definition) is 6. The van der Waals surface area contributed by atoms with Crippen LogP contribution in [0, 0.1) is 6.92 Å². The van der Waals surface area contributed by atoms with Gasteiger partial charge in [-0.2, -0.15) is 0 Å². The van der Waals surface area contributed by atoms with Crippen molar-refractivity contribution in [1.82, 2.24) is 5.32 Å². The van der Waals surface area contributed by atoms with Crippen LogP contribution in [0.25, 0.3) is 6.08 Å². The van der Waals surface area contributed by atoms with E-state index < -0.39 is 17.8 Å². The summed E-state index contributed by atoms with van der Waals surface area (Å²) in [5.41, 5.74) is 2.64. The summed E-state index contributed by atoms with van der Waals surface area (Å²) in [6, 6.07) is 17.0. The van der Waals surface area contributed by atoms with Crippen LogP contribution in [-0.2, 0) is 16.2 Å². The first-order valence-corrected chi connectivity index (χ1v) is 12.2. The number of amides is 2. The van der Waals surface area contributed by atoms with E-state index in [4.69, 9.17) is 21.7 Å². The molecule has 1 saturated heterocycles. The summed E-state index contributed by atoms with van der Waals surface area (Å²) in [4.78, 5) is 38.5. The molecule has 0 radical (unpaired) electrons. The normalized spacial score (nSPS) is 14.5. The van der Waals surface area contributed by atoms with E-state index in [2.05, 4.69) is 21.2 Å². The van der Waals surface area contributed by atoms with Gasteiger partial charge in [-0.3, -0.25) is 19.8 Å². The first kappa shape index (κ1) is 26.1. The minimum absolute atomic E-state index is 0.0239. The average molecular weight is 581 g/mol. The number of carbonyl (C=O) groups is 3. The van der Waals surface area contributed by atoms with Crippen molar-refractivity contribution in [3.63, 3.8) is 0 Å². The number of aromatic carboxylic acids is 1. The Morgan fingerprint density at radius 1 is 1.11 bits per heavy atom. The number of carboxylic acid groups (broad SMARTS) is 1. The summed E-state index contributed by atoms with van der Waals surface area (Å²) in [7, 11) is 1.49. The van der Waals surface area contributed by atoms with Crippen LogP contribution in [0.5, 0.6) is 11.5 Å². The van der Waals surface area contributed by atoms with Gasteiger partial charge >= 0.3 is 5.97 Å². The standard InChI is InChI=1S/C27H21BrN2O6S/c1-15-6-8-16(9-7-15)14-36-23-13-21(28)18(12-22(23)35-2)11-20-24(31)29-27(37)30(25(20)32)19-5-3-4-17(10-19)26(33)34/h3-13H,14H2,1-2H3,(H,33,34)(H,29,31,37). The molecular formula is C27H21BrN2O6S. The Labute approximate surface area is 226 Å². The lowest BCUT2D eigenvalue weighted by atomic mass is 10.1. The molecule has 0 saturated carbocycles. The molecule has 0 aromatic heterocycles. The Morgan fingerprint density at radius 2 is 1.84 bits per heavy atom. The molecule has 1 fully saturated rings. The first-order chi connectivity index (χ1) is 17.7. The summed E-state index contributed by atoms with van der Waals surface area (Å²) in [5.74, 6) is -1.64. The smallest absolute Gasteiger partial charge is 0.335 e. The Kier molecular flexibility index (Phi) is 7.70. The highest BCUT2D eigenvalue weighted by Crippen LogP contribution is 2.36. The summed E-state index contributed by atoms with van der Waals surface area (Å²) < 4.78 is 12.0. The lowest BCUT2D eigenvalue weighted by Gasteiger charge is -2.29. The number of anilines is 1. The molecule has 1 aliphatic rings. The fourth-order valence-corrected chi connectivity index (χ4v) is 4.32. The van der Waals surface area contributed by atoms with Crippen LogP contribution in [0.3, 0.4) is 0 Å². The van der Waals surface area contributed by atoms with Crippen molar-refractivity contribution in [1.29, 1.82) is 0 Å². The van der Waals surface area contributed by atoms with Gasteiger partial charge in [0.15, 0.2) is 16.6 Å². The molecule has 0 atom stereocenters. The Bertz CT molecular complexity index is 1450. The van der Waals surface area contributed by atoms with Crippen LogP contribution in [-0.4, -0.2) is 35.1 Å². The van der Waals surface area contributed by atoms with Gasteiger partial charge in [0.05, 0.1) is 18.4 Å². The van der Waals surface area contributed by atoms with Crippen molar-refractivity contribution >= 4 is 62.8 Å². The van der Waals surface area contributed by atoms with Gasteiger partial charge in [-0.05, 0) is 66.7 Å². The molecule has 37 heavy (non-hydrogen) atoms. The van der Waals surface area contributed by atoms with Gasteiger partial charge < -0.3 is 14.6 Å². The number of carboxylic acids is 1. The van der Waals surface area contributed by atoms with Gasteiger partial charge in [-0.15, -0.1) is 0 Å². The van der Waals surface area contributed by atoms with E-state index in [9.17, 15) is 19.5 Å². The van der Waals surface area contributed by atoms with Crippen molar-refractivity contribution < 1.29 is 29.0 Å². The Balaban J connectivity index is 1.65. The Hall–Kier alpha value is -4.02. The molecule has 10 heteroatoms. The number of methoxy groups -OCH3 is 1. The second-order valence-corrected chi connectivity index (χ2v) is 9.35. The second-order valence-electron chi connectivity index (χ2n) is 8.11. The largest absolute Gasteiger partial charge is 0.493 e. The fourth-order valence-electron chi connectivity index (χ4n) is 3.60. The van der Waals surface area contributed by atoms with E-state index in [0.717, 1.165) is 16.0 Å². The molecule has 2 amide bonds. The zero-order valence-corrected chi connectivity index (χ0v) is 22.2. The van der Waals surface area contributed by atoms with E-state index in [1.54, 1.807) is 12.1 Å². The molecular weight excluding hydrogens is 560 g/mol. The van der Waals surface area contributed by atoms with Crippen LogP contribution >= 0.6 is 28.1 Å². The second kappa shape index (κ2) is 10.9. The molecule has 0 spiro atoms. The molecule has 0 unspecified atom stereocenters. The average Bonchev–Trinajstić information content (AvgIpc) is 2.87. The number of nitrogens with one attached hydrogen (secondary N) is 1. The van der Waals surface area contributed by atoms with Crippen molar-refractivity contribution in [3.8, 4) is 11.5 Å². The van der Waals surface area contributed by atoms with Gasteiger partial charge in [0.2, 0.25) is 0 Å². The van der Waals surface area contributed by atoms with E-state index in [1.165, 1.54) is 37.5 Å². The van der Waals surface area contributed by atoms with Crippen molar-refractivity contribution in [2.75, 3.05) is 12.0 Å². The molecule has 0 bridgehead atoms. The topological polar surface area (TPSA) is 105 Å². The predicted octanol–water partition coefficient (Wildman–Crippen LogP) is 4.87. The third-order valence-electron chi connectivity index (χ3n) is 5.55. The highest BCUT2D eigenvalue weighted by molar-refractivity contribution is 9.10. The number of ether oxygens (including phenoxy) is 2. The molecule has 3 aromatic rings. The maximum Gasteiger partial charge on any atom is 0.335 e. The van der Waals surface area contributed by atoms with E-state index in [1.807, 2.05) is 31.2 Å². The highest BCUT2D eigenvalue weighted by Gasteiger charge is 2.35. The quantitative estimate of drug-likeness (QED) is 0.233. The zero-order valence-electron chi connectivity index (χ0n) is 19.8. The maximum absolute atomic E-state index is 13.3. The van der Waals surface area contributed by atoms with Crippen molar-refractivity contribution in [2.45, 2.75) is 13.5 Å². The van der Waals surface area contributed by atoms with Gasteiger partial charge in [-0.1, -0.05) is 51.8 Å². The van der Waals surface area contributed by atoms with E-state index in [0.29, 0.717) is 28.1 Å². The van der Waals surface area contributed by atoms with Crippen LogP contribution < -0.4 is 19.7 Å². The van der Waals surface area contributed by atoms with Crippen molar-refractivity contribution in [3.05, 3.63) is 93.0 Å². The minimum atomic E-state index is -1.15. The number of rotatable bonds is 7. The van der Waals surface area contributed by atoms with Crippen LogP contribution in [0.15, 0.2) is 70.7 Å². The van der Waals surface area contributed by atoms with Gasteiger partial charge in [-0.25, -0.2) is 4.79 Å². The number of carbonyl (C=O) groups excluding carboxylic acids is 2. The van der Waals surface area contributed by atoms with Crippen molar-refractivity contribution in [2.24, 2.45) is 0 Å². The number of nitrogens with zero attached hydrogens (tertiary/aromatic N) is 1. The van der Waals surface area contributed by atoms with Crippen LogP contribution in [0.4, 0.5) is 5.69 Å². The maximum atomic E-state index is 13.3. The molecule has 3 aromatic carbocycles. The molecule has 4 rings (SSSR count). The molecule has 0 aliphatic carbocycles. The predicted molar refractivity (Wildman–Crippen MR) is 146 cm³/mol. The lowest BCUT2D eigenvalue weighted by Crippen LogP contribution is -2.54. The molecule has 8 nitrogen and oxygen atoms in total. The van der Waals surface area contributed by atoms with Gasteiger partial charge in [0.25, 0.3) is 11.8 Å². The molecule has 1 aliphatic heterocycles. The van der Waals surface area contributed by atoms with E-state index >= 15 is 0 Å². The molecule has 1 heterocycles. The summed E-state index contributed by atoms with van der Waals surface area (Å²) >= 11 is 8.68. The van der Waals surface area contributed by atoms with E-state index in [-0.39, 0.29) is 21.9 Å². The summed E-state index contributed by atoms with van der Waals surface area (Å²) in [5, 5.41) is 11.6. The Morgan fingerprint density at radius 3 is 2.51 bits per heavy atom. The molecule has 188 valence electrons. The lowest BCUT2D eigenvalue weighted by molar-refractivity contribution is -0.122. The summed E-state index contributed by atoms with van der Waals surface area (Å²) in [6.07, 6.45) is 1.41. The number of aryl methyl sites for hydroxylation is 1. The minimum Gasteiger partial charge on any atom is -0.493 e. The third-order valence-corrected chi connectivity index (χ3v) is 6.52. The summed E-state index contributed by atoms with van der Waals surface area (Å²) in [6.45, 7) is 2.33. The SMILES string of the molecule is COc1cc(C=C2C(=O)NC(=S)N(c3cccc(C(=O)O)c3)C2=O)c(Br)cc1OCc1ccc(C)cc1. The number of hydrogen-bond donors (Lipinski definition) is 2. The zero-order chi connectivity index (χ0) is 26.7. The number of thiocarbonyl (C=S) groups is 1. The van der Waals surface area contributed by atoms with Gasteiger partial charge in [0.1, 0.15) is 12.2 Å². The fraction of sp³-hybridized carbons (Fsp3) is 0.111. The highest BCUT2D eigenvalue weighted by atomic mass is 79.9. The number of benzene rings is 3. The number of halogens is 1. The third kappa shape index (κ3) is 5.71. The van der Waals surface area contributed by atoms with Crippen LogP contribution in [0.2, 0.25) is 0 Å². The molecule has 2 N–H and O–H groups in total. The monoisotopic (exact) mass is 580 g/mol.